The van der Waals surface area contributed by atoms with Gasteiger partial charge in [-0.25, -0.2) is 0 Å². The van der Waals surface area contributed by atoms with Crippen molar-refractivity contribution in [1.29, 1.82) is 0 Å². The van der Waals surface area contributed by atoms with E-state index in [0.29, 0.717) is 17.4 Å². The Hall–Kier alpha value is -1.10. The quantitative estimate of drug-likeness (QED) is 0.104. The van der Waals surface area contributed by atoms with Gasteiger partial charge in [-0.05, 0) is 12.3 Å². The van der Waals surface area contributed by atoms with E-state index in [1.165, 1.54) is 83.5 Å². The van der Waals surface area contributed by atoms with Crippen molar-refractivity contribution < 1.29 is 23.9 Å². The van der Waals surface area contributed by atoms with Crippen LogP contribution in [0.3, 0.4) is 0 Å². The molecule has 0 rings (SSSR count). The molecule has 0 saturated heterocycles. The smallest absolute Gasteiger partial charge is 0.306 e. The first kappa shape index (κ1) is 31.9. The summed E-state index contributed by atoms with van der Waals surface area (Å²) in [6.07, 6.45) is 20.4. The first-order valence-electron chi connectivity index (χ1n) is 13.8. The lowest BCUT2D eigenvalue weighted by molar-refractivity contribution is -0.873. The Morgan fingerprint density at radius 3 is 1.67 bits per heavy atom. The van der Waals surface area contributed by atoms with Crippen molar-refractivity contribution in [2.45, 2.75) is 136 Å². The Balaban J connectivity index is 3.65. The van der Waals surface area contributed by atoms with Gasteiger partial charge in [-0.15, -0.1) is 0 Å². The van der Waals surface area contributed by atoms with Gasteiger partial charge < -0.3 is 19.1 Å². The SMILES string of the molecule is CCCCCCCCCCCCCC(C)CCCCCC(=O)OC(CC(=O)[O-])C[N+](C)(C)C. The molecule has 0 fully saturated rings. The van der Waals surface area contributed by atoms with Gasteiger partial charge in [0.2, 0.25) is 0 Å². The fraction of sp³-hybridized carbons (Fsp3) is 0.929. The average molecular weight is 470 g/mol. The van der Waals surface area contributed by atoms with Crippen molar-refractivity contribution in [3.8, 4) is 0 Å². The molecule has 196 valence electrons. The topological polar surface area (TPSA) is 66.4 Å². The number of carbonyl (C=O) groups is 2. The number of unbranched alkanes of at least 4 members (excludes halogenated alkanes) is 12. The van der Waals surface area contributed by atoms with E-state index < -0.39 is 12.1 Å². The van der Waals surface area contributed by atoms with E-state index in [0.717, 1.165) is 25.2 Å². The molecular weight excluding hydrogens is 414 g/mol. The van der Waals surface area contributed by atoms with E-state index in [2.05, 4.69) is 13.8 Å². The molecule has 5 nitrogen and oxygen atoms in total. The summed E-state index contributed by atoms with van der Waals surface area (Å²) < 4.78 is 5.96. The highest BCUT2D eigenvalue weighted by molar-refractivity contribution is 5.70. The van der Waals surface area contributed by atoms with Crippen LogP contribution in [0.5, 0.6) is 0 Å². The zero-order chi connectivity index (χ0) is 25.0. The van der Waals surface area contributed by atoms with Crippen molar-refractivity contribution in [2.24, 2.45) is 5.92 Å². The molecule has 2 atom stereocenters. The third-order valence-corrected chi connectivity index (χ3v) is 6.32. The number of carboxylic acids is 1. The van der Waals surface area contributed by atoms with Gasteiger partial charge in [0, 0.05) is 18.8 Å². The Bertz CT molecular complexity index is 487. The summed E-state index contributed by atoms with van der Waals surface area (Å²) in [5, 5.41) is 10.9. The van der Waals surface area contributed by atoms with Gasteiger partial charge in [-0.2, -0.15) is 0 Å². The molecule has 2 unspecified atom stereocenters. The normalized spacial score (nSPS) is 13.6. The summed E-state index contributed by atoms with van der Waals surface area (Å²) in [7, 11) is 5.86. The number of quaternary nitrogens is 1. The van der Waals surface area contributed by atoms with Crippen LogP contribution in [0, 0.1) is 5.92 Å². The number of hydrogen-bond donors (Lipinski definition) is 0. The zero-order valence-corrected chi connectivity index (χ0v) is 22.7. The molecule has 0 aromatic carbocycles. The van der Waals surface area contributed by atoms with E-state index >= 15 is 0 Å². The van der Waals surface area contributed by atoms with Crippen LogP contribution >= 0.6 is 0 Å². The fourth-order valence-corrected chi connectivity index (χ4v) is 4.43. The van der Waals surface area contributed by atoms with E-state index in [4.69, 9.17) is 4.74 Å². The number of esters is 1. The number of likely N-dealkylation sites (N-methyl/N-ethyl adjacent to an activating group) is 1. The molecule has 0 aromatic heterocycles. The van der Waals surface area contributed by atoms with Crippen LogP contribution in [0.4, 0.5) is 0 Å². The highest BCUT2D eigenvalue weighted by Crippen LogP contribution is 2.19. The number of carboxylic acid groups (broad SMARTS) is 1. The van der Waals surface area contributed by atoms with Gasteiger partial charge in [0.05, 0.1) is 21.1 Å². The van der Waals surface area contributed by atoms with Gasteiger partial charge in [0.1, 0.15) is 6.54 Å². The second kappa shape index (κ2) is 20.3. The van der Waals surface area contributed by atoms with Gasteiger partial charge in [0.15, 0.2) is 6.10 Å². The van der Waals surface area contributed by atoms with Crippen LogP contribution < -0.4 is 5.11 Å². The fourth-order valence-electron chi connectivity index (χ4n) is 4.43. The summed E-state index contributed by atoms with van der Waals surface area (Å²) in [5.74, 6) is -0.704. The highest BCUT2D eigenvalue weighted by Gasteiger charge is 2.22. The van der Waals surface area contributed by atoms with E-state index in [1.807, 2.05) is 21.1 Å². The van der Waals surface area contributed by atoms with Crippen LogP contribution in [-0.2, 0) is 14.3 Å². The molecule has 33 heavy (non-hydrogen) atoms. The van der Waals surface area contributed by atoms with Crippen molar-refractivity contribution in [3.63, 3.8) is 0 Å². The summed E-state index contributed by atoms with van der Waals surface area (Å²) >= 11 is 0. The number of hydrogen-bond acceptors (Lipinski definition) is 4. The van der Waals surface area contributed by atoms with Crippen LogP contribution in [0.1, 0.15) is 129 Å². The summed E-state index contributed by atoms with van der Waals surface area (Å²) in [4.78, 5) is 23.0. The largest absolute Gasteiger partial charge is 0.550 e. The zero-order valence-electron chi connectivity index (χ0n) is 22.7. The van der Waals surface area contributed by atoms with Crippen molar-refractivity contribution in [2.75, 3.05) is 27.7 Å². The minimum Gasteiger partial charge on any atom is -0.550 e. The molecule has 0 saturated carbocycles. The van der Waals surface area contributed by atoms with Crippen LogP contribution in [-0.4, -0.2) is 50.2 Å². The van der Waals surface area contributed by atoms with Crippen molar-refractivity contribution in [1.82, 2.24) is 0 Å². The Labute approximate surface area is 205 Å². The molecule has 0 N–H and O–H groups in total. The van der Waals surface area contributed by atoms with Crippen LogP contribution in [0.2, 0.25) is 0 Å². The Morgan fingerprint density at radius 2 is 1.21 bits per heavy atom. The van der Waals surface area contributed by atoms with Crippen LogP contribution in [0.25, 0.3) is 0 Å². The first-order chi connectivity index (χ1) is 15.6. The van der Waals surface area contributed by atoms with Gasteiger partial charge in [-0.1, -0.05) is 110 Å². The minimum atomic E-state index is -1.17. The predicted octanol–water partition coefficient (Wildman–Crippen LogP) is 6.03. The van der Waals surface area contributed by atoms with Crippen LogP contribution in [0.15, 0.2) is 0 Å². The monoisotopic (exact) mass is 469 g/mol. The molecule has 0 bridgehead atoms. The second-order valence-electron chi connectivity index (χ2n) is 11.2. The molecule has 0 aliphatic rings. The minimum absolute atomic E-state index is 0.238. The molecule has 0 radical (unpaired) electrons. The van der Waals surface area contributed by atoms with E-state index in [-0.39, 0.29) is 12.4 Å². The maximum Gasteiger partial charge on any atom is 0.306 e. The van der Waals surface area contributed by atoms with E-state index in [1.54, 1.807) is 0 Å². The number of ether oxygens (including phenoxy) is 1. The standard InChI is InChI=1S/C28H55NO4/c1-6-7-8-9-10-11-12-13-14-15-17-20-25(2)21-18-16-19-22-28(32)33-26(23-27(30)31)24-29(3,4)5/h25-26H,6-24H2,1-5H3. The lowest BCUT2D eigenvalue weighted by Crippen LogP contribution is -2.45. The average Bonchev–Trinajstić information content (AvgIpc) is 2.70. The number of carbonyl (C=O) groups excluding carboxylic acids is 2. The predicted molar refractivity (Wildman–Crippen MR) is 136 cm³/mol. The van der Waals surface area contributed by atoms with E-state index in [9.17, 15) is 14.7 Å². The van der Waals surface area contributed by atoms with Gasteiger partial charge >= 0.3 is 5.97 Å². The maximum atomic E-state index is 12.1. The Morgan fingerprint density at radius 1 is 0.758 bits per heavy atom. The lowest BCUT2D eigenvalue weighted by Gasteiger charge is -2.29. The molecule has 5 heteroatoms. The summed E-state index contributed by atoms with van der Waals surface area (Å²) in [6, 6.07) is 0. The third kappa shape index (κ3) is 23.8. The highest BCUT2D eigenvalue weighted by atomic mass is 16.5. The summed E-state index contributed by atoms with van der Waals surface area (Å²) in [6.45, 7) is 5.09. The number of nitrogens with zero attached hydrogens (tertiary/aromatic N) is 1. The Kier molecular flexibility index (Phi) is 19.6. The van der Waals surface area contributed by atoms with Gasteiger partial charge in [0.25, 0.3) is 0 Å². The molecule has 0 spiro atoms. The molecule has 0 amide bonds. The summed E-state index contributed by atoms with van der Waals surface area (Å²) in [5.41, 5.74) is 0. The van der Waals surface area contributed by atoms with Crippen molar-refractivity contribution >= 4 is 11.9 Å². The van der Waals surface area contributed by atoms with Crippen molar-refractivity contribution in [3.05, 3.63) is 0 Å². The second-order valence-corrected chi connectivity index (χ2v) is 11.2. The molecule has 0 aromatic rings. The molecule has 0 aliphatic heterocycles. The molecule has 0 heterocycles. The lowest BCUT2D eigenvalue weighted by atomic mass is 9.96. The first-order valence-corrected chi connectivity index (χ1v) is 13.8. The number of rotatable bonds is 23. The molecule has 0 aliphatic carbocycles. The molecular formula is C28H55NO4. The third-order valence-electron chi connectivity index (χ3n) is 6.32. The number of aliphatic carboxylic acids is 1. The maximum absolute atomic E-state index is 12.1. The van der Waals surface area contributed by atoms with Gasteiger partial charge in [-0.3, -0.25) is 4.79 Å².